The molecule has 1 amide bonds. The number of hydrogen-bond donors (Lipinski definition) is 1. The number of fused-ring (bicyclic) bond motifs is 3. The van der Waals surface area contributed by atoms with Crippen LogP contribution in [0, 0.1) is 5.82 Å². The summed E-state index contributed by atoms with van der Waals surface area (Å²) in [5.41, 5.74) is 2.40. The minimum atomic E-state index is -0.474. The number of aromatic nitrogens is 3. The minimum Gasteiger partial charge on any atom is -0.325 e. The molecule has 9 heteroatoms. The van der Waals surface area contributed by atoms with E-state index in [-0.39, 0.29) is 29.9 Å². The SMILES string of the molecule is CC(=O)c1ccc(NC(=O)Cn2c3ccc(F)cc3c3ncn(Cc4ccccc4Cl)c(=O)c32)cc1. The van der Waals surface area contributed by atoms with E-state index in [2.05, 4.69) is 10.3 Å². The zero-order chi connectivity index (χ0) is 25.4. The molecule has 180 valence electrons. The first-order chi connectivity index (χ1) is 17.3. The van der Waals surface area contributed by atoms with Crippen molar-refractivity contribution in [2.45, 2.75) is 20.0 Å². The first-order valence-electron chi connectivity index (χ1n) is 11.1. The van der Waals surface area contributed by atoms with Gasteiger partial charge in [0.1, 0.15) is 23.4 Å². The van der Waals surface area contributed by atoms with E-state index in [1.54, 1.807) is 41.0 Å². The molecule has 0 radical (unpaired) electrons. The third-order valence-corrected chi connectivity index (χ3v) is 6.33. The zero-order valence-electron chi connectivity index (χ0n) is 19.2. The summed E-state index contributed by atoms with van der Waals surface area (Å²) in [5, 5.41) is 3.73. The molecule has 0 aliphatic carbocycles. The maximum absolute atomic E-state index is 14.1. The maximum atomic E-state index is 14.1. The monoisotopic (exact) mass is 502 g/mol. The predicted octanol–water partition coefficient (Wildman–Crippen LogP) is 5.03. The van der Waals surface area contributed by atoms with Crippen LogP contribution >= 0.6 is 11.6 Å². The Morgan fingerprint density at radius 2 is 1.81 bits per heavy atom. The Balaban J connectivity index is 1.56. The fourth-order valence-electron chi connectivity index (χ4n) is 4.19. The van der Waals surface area contributed by atoms with Crippen LogP contribution in [0.25, 0.3) is 21.9 Å². The highest BCUT2D eigenvalue weighted by Gasteiger charge is 2.19. The molecule has 5 aromatic rings. The van der Waals surface area contributed by atoms with Crippen molar-refractivity contribution in [2.75, 3.05) is 5.32 Å². The Labute approximate surface area is 209 Å². The van der Waals surface area contributed by atoms with Crippen LogP contribution in [-0.4, -0.2) is 25.8 Å². The molecule has 0 unspecified atom stereocenters. The Hall–Kier alpha value is -4.30. The molecule has 36 heavy (non-hydrogen) atoms. The second kappa shape index (κ2) is 9.39. The van der Waals surface area contributed by atoms with Crippen LogP contribution in [-0.2, 0) is 17.9 Å². The molecule has 0 aliphatic heterocycles. The van der Waals surface area contributed by atoms with Gasteiger partial charge in [-0.3, -0.25) is 19.0 Å². The van der Waals surface area contributed by atoms with Gasteiger partial charge in [0, 0.05) is 21.7 Å². The van der Waals surface area contributed by atoms with Gasteiger partial charge in [0.2, 0.25) is 5.91 Å². The smallest absolute Gasteiger partial charge is 0.278 e. The van der Waals surface area contributed by atoms with Crippen LogP contribution in [0.1, 0.15) is 22.8 Å². The van der Waals surface area contributed by atoms with Crippen molar-refractivity contribution < 1.29 is 14.0 Å². The average molecular weight is 503 g/mol. The second-order valence-electron chi connectivity index (χ2n) is 8.40. The van der Waals surface area contributed by atoms with E-state index >= 15 is 0 Å². The number of rotatable bonds is 6. The molecular weight excluding hydrogens is 483 g/mol. The summed E-state index contributed by atoms with van der Waals surface area (Å²) < 4.78 is 17.0. The summed E-state index contributed by atoms with van der Waals surface area (Å²) in [5.74, 6) is -0.945. The largest absolute Gasteiger partial charge is 0.325 e. The summed E-state index contributed by atoms with van der Waals surface area (Å²) >= 11 is 6.28. The van der Waals surface area contributed by atoms with Crippen molar-refractivity contribution in [2.24, 2.45) is 0 Å². The number of nitrogens with zero attached hydrogens (tertiary/aromatic N) is 3. The summed E-state index contributed by atoms with van der Waals surface area (Å²) in [4.78, 5) is 42.5. The Morgan fingerprint density at radius 3 is 2.53 bits per heavy atom. The van der Waals surface area contributed by atoms with Gasteiger partial charge in [-0.15, -0.1) is 0 Å². The van der Waals surface area contributed by atoms with Gasteiger partial charge in [-0.05, 0) is 61.0 Å². The van der Waals surface area contributed by atoms with Crippen LogP contribution in [0.15, 0.2) is 77.9 Å². The first kappa shape index (κ1) is 23.4. The van der Waals surface area contributed by atoms with Gasteiger partial charge in [-0.1, -0.05) is 29.8 Å². The van der Waals surface area contributed by atoms with Crippen molar-refractivity contribution in [1.29, 1.82) is 0 Å². The number of hydrogen-bond acceptors (Lipinski definition) is 4. The molecule has 2 heterocycles. The minimum absolute atomic E-state index is 0.0778. The van der Waals surface area contributed by atoms with E-state index in [4.69, 9.17) is 11.6 Å². The maximum Gasteiger partial charge on any atom is 0.278 e. The fourth-order valence-corrected chi connectivity index (χ4v) is 4.39. The number of benzene rings is 3. The Morgan fingerprint density at radius 1 is 1.06 bits per heavy atom. The molecule has 0 atom stereocenters. The van der Waals surface area contributed by atoms with E-state index in [1.807, 2.05) is 12.1 Å². The summed E-state index contributed by atoms with van der Waals surface area (Å²) in [6.45, 7) is 1.45. The quantitative estimate of drug-likeness (QED) is 0.330. The van der Waals surface area contributed by atoms with Gasteiger partial charge in [0.25, 0.3) is 5.56 Å². The molecular formula is C27H20ClFN4O3. The molecule has 0 fully saturated rings. The fraction of sp³-hybridized carbons (Fsp3) is 0.111. The molecule has 5 rings (SSSR count). The molecule has 2 aromatic heterocycles. The lowest BCUT2D eigenvalue weighted by Crippen LogP contribution is -2.25. The Bertz CT molecular complexity index is 1710. The molecule has 0 spiro atoms. The van der Waals surface area contributed by atoms with Gasteiger partial charge in [-0.25, -0.2) is 9.37 Å². The van der Waals surface area contributed by atoms with E-state index in [0.717, 1.165) is 5.56 Å². The molecule has 7 nitrogen and oxygen atoms in total. The van der Waals surface area contributed by atoms with Crippen molar-refractivity contribution in [1.82, 2.24) is 14.1 Å². The number of halogens is 2. The van der Waals surface area contributed by atoms with E-state index in [1.165, 1.54) is 36.0 Å². The van der Waals surface area contributed by atoms with Crippen molar-refractivity contribution in [3.8, 4) is 0 Å². The number of nitrogens with one attached hydrogen (secondary N) is 1. The number of anilines is 1. The zero-order valence-corrected chi connectivity index (χ0v) is 19.9. The third-order valence-electron chi connectivity index (χ3n) is 5.96. The number of amides is 1. The molecule has 0 aliphatic rings. The van der Waals surface area contributed by atoms with Crippen molar-refractivity contribution >= 4 is 50.9 Å². The number of ketones is 1. The summed E-state index contributed by atoms with van der Waals surface area (Å²) in [6.07, 6.45) is 1.40. The van der Waals surface area contributed by atoms with Gasteiger partial charge < -0.3 is 9.88 Å². The number of carbonyl (C=O) groups is 2. The summed E-state index contributed by atoms with van der Waals surface area (Å²) in [7, 11) is 0. The highest BCUT2D eigenvalue weighted by atomic mass is 35.5. The molecule has 1 N–H and O–H groups in total. The lowest BCUT2D eigenvalue weighted by Gasteiger charge is -2.11. The van der Waals surface area contributed by atoms with Crippen LogP contribution in [0.5, 0.6) is 0 Å². The normalized spacial score (nSPS) is 11.2. The van der Waals surface area contributed by atoms with Crippen molar-refractivity contribution in [3.63, 3.8) is 0 Å². The average Bonchev–Trinajstić information content (AvgIpc) is 3.15. The van der Waals surface area contributed by atoms with E-state index in [9.17, 15) is 18.8 Å². The molecule has 0 bridgehead atoms. The van der Waals surface area contributed by atoms with Crippen LogP contribution in [0.2, 0.25) is 5.02 Å². The predicted molar refractivity (Wildman–Crippen MR) is 137 cm³/mol. The second-order valence-corrected chi connectivity index (χ2v) is 8.80. The Kier molecular flexibility index (Phi) is 6.12. The van der Waals surface area contributed by atoms with Crippen LogP contribution < -0.4 is 10.9 Å². The van der Waals surface area contributed by atoms with E-state index in [0.29, 0.717) is 32.7 Å². The molecule has 3 aromatic carbocycles. The van der Waals surface area contributed by atoms with Crippen LogP contribution in [0.3, 0.4) is 0 Å². The number of carbonyl (C=O) groups excluding carboxylic acids is 2. The molecule has 0 saturated heterocycles. The number of Topliss-reactive ketones (excluding diaryl/α,β-unsaturated/α-hetero) is 1. The van der Waals surface area contributed by atoms with Crippen molar-refractivity contribution in [3.05, 3.63) is 105 Å². The highest BCUT2D eigenvalue weighted by molar-refractivity contribution is 6.31. The standard InChI is InChI=1S/C27H20ClFN4O3/c1-16(34)17-6-9-20(10-7-17)31-24(35)14-33-23-11-8-19(29)12-21(23)25-26(33)27(36)32(15-30-25)13-18-4-2-3-5-22(18)28/h2-12,15H,13-14H2,1H3,(H,31,35). The third kappa shape index (κ3) is 4.38. The highest BCUT2D eigenvalue weighted by Crippen LogP contribution is 2.27. The van der Waals surface area contributed by atoms with Gasteiger partial charge in [0.05, 0.1) is 18.4 Å². The van der Waals surface area contributed by atoms with Gasteiger partial charge in [0.15, 0.2) is 5.78 Å². The molecule has 0 saturated carbocycles. The lowest BCUT2D eigenvalue weighted by atomic mass is 10.1. The topological polar surface area (TPSA) is 86.0 Å². The van der Waals surface area contributed by atoms with Gasteiger partial charge >= 0.3 is 0 Å². The summed E-state index contributed by atoms with van der Waals surface area (Å²) in [6, 6.07) is 17.8. The van der Waals surface area contributed by atoms with Gasteiger partial charge in [-0.2, -0.15) is 0 Å². The first-order valence-corrected chi connectivity index (χ1v) is 11.5. The lowest BCUT2D eigenvalue weighted by molar-refractivity contribution is -0.116. The van der Waals surface area contributed by atoms with Crippen LogP contribution in [0.4, 0.5) is 10.1 Å². The van der Waals surface area contributed by atoms with E-state index < -0.39 is 11.7 Å².